The second-order valence-corrected chi connectivity index (χ2v) is 10.8. The zero-order valence-electron chi connectivity index (χ0n) is 24.6. The molecule has 42 heavy (non-hydrogen) atoms. The second kappa shape index (κ2) is 15.0. The monoisotopic (exact) mass is 572 g/mol. The summed E-state index contributed by atoms with van der Waals surface area (Å²) in [7, 11) is 0. The molecule has 0 aliphatic carbocycles. The number of hydrogen-bond acceptors (Lipinski definition) is 8. The molecular weight excluding hydrogens is 532 g/mol. The first-order chi connectivity index (χ1) is 20.3. The Morgan fingerprint density at radius 2 is 1.88 bits per heavy atom. The first-order valence-corrected chi connectivity index (χ1v) is 14.6. The van der Waals surface area contributed by atoms with Crippen LogP contribution in [0.3, 0.4) is 0 Å². The van der Waals surface area contributed by atoms with Gasteiger partial charge in [0.25, 0.3) is 0 Å². The molecule has 3 aromatic rings. The van der Waals surface area contributed by atoms with Crippen molar-refractivity contribution >= 4 is 29.4 Å². The molecule has 1 unspecified atom stereocenters. The number of carboxylic acids is 1. The molecule has 3 heterocycles. The van der Waals surface area contributed by atoms with Gasteiger partial charge in [-0.25, -0.2) is 24.5 Å². The zero-order valence-corrected chi connectivity index (χ0v) is 24.6. The SMILES string of the molecule is CCC(C)CNc1cccc(C2CCN(c3ncnc(CCC(=NC(=O)OCc4ccccc4)C(=O)O)c3C)CC2)n1. The molecule has 1 aliphatic heterocycles. The van der Waals surface area contributed by atoms with Gasteiger partial charge in [-0.1, -0.05) is 56.7 Å². The molecule has 0 radical (unpaired) electrons. The normalized spacial score (nSPS) is 14.8. The summed E-state index contributed by atoms with van der Waals surface area (Å²) >= 11 is 0. The predicted octanol–water partition coefficient (Wildman–Crippen LogP) is 5.82. The highest BCUT2D eigenvalue weighted by Crippen LogP contribution is 2.31. The third-order valence-electron chi connectivity index (χ3n) is 7.75. The van der Waals surface area contributed by atoms with Crippen LogP contribution in [0.15, 0.2) is 59.9 Å². The van der Waals surface area contributed by atoms with Crippen molar-refractivity contribution in [3.63, 3.8) is 0 Å². The zero-order chi connectivity index (χ0) is 29.9. The summed E-state index contributed by atoms with van der Waals surface area (Å²) in [6.45, 7) is 9.00. The van der Waals surface area contributed by atoms with Crippen LogP contribution in [0.5, 0.6) is 0 Å². The molecule has 0 saturated carbocycles. The lowest BCUT2D eigenvalue weighted by Crippen LogP contribution is -2.34. The second-order valence-electron chi connectivity index (χ2n) is 10.8. The first kappa shape index (κ1) is 30.6. The number of benzene rings is 1. The number of pyridine rings is 1. The average molecular weight is 573 g/mol. The quantitative estimate of drug-likeness (QED) is 0.258. The van der Waals surface area contributed by atoms with Crippen molar-refractivity contribution in [2.45, 2.75) is 65.4 Å². The van der Waals surface area contributed by atoms with E-state index in [1.807, 2.05) is 43.3 Å². The van der Waals surface area contributed by atoms with Crippen molar-refractivity contribution in [1.29, 1.82) is 0 Å². The van der Waals surface area contributed by atoms with Crippen molar-refractivity contribution in [2.24, 2.45) is 10.9 Å². The maximum absolute atomic E-state index is 12.2. The van der Waals surface area contributed by atoms with Crippen LogP contribution in [0.1, 0.15) is 68.0 Å². The molecule has 10 nitrogen and oxygen atoms in total. The lowest BCUT2D eigenvalue weighted by Gasteiger charge is -2.33. The number of carbonyl (C=O) groups excluding carboxylic acids is 1. The predicted molar refractivity (Wildman–Crippen MR) is 163 cm³/mol. The molecule has 0 spiro atoms. The number of aliphatic imine (C=N–C) groups is 1. The molecule has 1 saturated heterocycles. The molecule has 2 N–H and O–H groups in total. The number of nitrogens with zero attached hydrogens (tertiary/aromatic N) is 5. The Hall–Kier alpha value is -4.34. The Morgan fingerprint density at radius 1 is 1.12 bits per heavy atom. The van der Waals surface area contributed by atoms with Gasteiger partial charge >= 0.3 is 12.1 Å². The molecule has 10 heteroatoms. The first-order valence-electron chi connectivity index (χ1n) is 14.6. The Balaban J connectivity index is 1.34. The summed E-state index contributed by atoms with van der Waals surface area (Å²) in [5.74, 6) is 1.51. The van der Waals surface area contributed by atoms with Crippen LogP contribution in [0.4, 0.5) is 16.4 Å². The number of anilines is 2. The Morgan fingerprint density at radius 3 is 2.60 bits per heavy atom. The maximum Gasteiger partial charge on any atom is 0.434 e. The molecule has 0 bridgehead atoms. The highest BCUT2D eigenvalue weighted by Gasteiger charge is 2.25. The van der Waals surface area contributed by atoms with E-state index in [0.29, 0.717) is 18.3 Å². The number of piperidine rings is 1. The average Bonchev–Trinajstić information content (AvgIpc) is 3.02. The van der Waals surface area contributed by atoms with Gasteiger partial charge in [-0.2, -0.15) is 4.99 Å². The van der Waals surface area contributed by atoms with E-state index >= 15 is 0 Å². The van der Waals surface area contributed by atoms with Crippen molar-refractivity contribution < 1.29 is 19.4 Å². The van der Waals surface area contributed by atoms with Gasteiger partial charge in [0, 0.05) is 48.9 Å². The molecule has 1 atom stereocenters. The minimum absolute atomic E-state index is 0.0256. The lowest BCUT2D eigenvalue weighted by molar-refractivity contribution is -0.129. The molecule has 1 fully saturated rings. The standard InChI is InChI=1S/C32H40N6O4/c1-4-22(2)19-33-29-12-8-11-27(36-29)25-15-17-38(18-16-25)30-23(3)26(34-21-35-30)13-14-28(31(39)40)37-32(41)42-20-24-9-6-5-7-10-24/h5-12,21-22,25H,4,13-20H2,1-3H3,(H,33,36)(H,39,40). The number of ether oxygens (including phenoxy) is 1. The number of aliphatic carboxylic acids is 1. The van der Waals surface area contributed by atoms with Gasteiger partial charge < -0.3 is 20.1 Å². The van der Waals surface area contributed by atoms with Gasteiger partial charge in [0.15, 0.2) is 0 Å². The highest BCUT2D eigenvalue weighted by molar-refractivity contribution is 6.37. The van der Waals surface area contributed by atoms with Crippen LogP contribution < -0.4 is 10.2 Å². The van der Waals surface area contributed by atoms with Gasteiger partial charge in [0.1, 0.15) is 30.3 Å². The maximum atomic E-state index is 12.2. The van der Waals surface area contributed by atoms with Gasteiger partial charge in [-0.15, -0.1) is 0 Å². The number of amides is 1. The highest BCUT2D eigenvalue weighted by atomic mass is 16.5. The molecule has 1 aromatic carbocycles. The minimum Gasteiger partial charge on any atom is -0.477 e. The van der Waals surface area contributed by atoms with E-state index in [9.17, 15) is 14.7 Å². The van der Waals surface area contributed by atoms with Crippen LogP contribution in [-0.4, -0.2) is 57.5 Å². The number of aromatic nitrogens is 3. The van der Waals surface area contributed by atoms with Crippen LogP contribution in [-0.2, 0) is 22.6 Å². The van der Waals surface area contributed by atoms with E-state index in [2.05, 4.69) is 51.2 Å². The van der Waals surface area contributed by atoms with Gasteiger partial charge in [-0.05, 0) is 49.8 Å². The topological polar surface area (TPSA) is 130 Å². The largest absolute Gasteiger partial charge is 0.477 e. The van der Waals surface area contributed by atoms with Crippen LogP contribution in [0.25, 0.3) is 0 Å². The van der Waals surface area contributed by atoms with Crippen molar-refractivity contribution in [3.05, 3.63) is 77.4 Å². The summed E-state index contributed by atoms with van der Waals surface area (Å²) in [5, 5.41) is 13.1. The number of aryl methyl sites for hydroxylation is 1. The van der Waals surface area contributed by atoms with Gasteiger partial charge in [0.2, 0.25) is 0 Å². The number of carboxylic acid groups (broad SMARTS) is 1. The summed E-state index contributed by atoms with van der Waals surface area (Å²) in [4.78, 5) is 43.8. The van der Waals surface area contributed by atoms with Gasteiger partial charge in [-0.3, -0.25) is 0 Å². The molecule has 2 aromatic heterocycles. The lowest BCUT2D eigenvalue weighted by atomic mass is 9.92. The molecule has 222 valence electrons. The van der Waals surface area contributed by atoms with E-state index in [-0.39, 0.29) is 18.7 Å². The number of nitrogens with one attached hydrogen (secondary N) is 1. The molecule has 1 aliphatic rings. The Labute approximate surface area is 247 Å². The smallest absolute Gasteiger partial charge is 0.434 e. The van der Waals surface area contributed by atoms with E-state index in [1.54, 1.807) is 0 Å². The number of carbonyl (C=O) groups is 2. The van der Waals surface area contributed by atoms with Gasteiger partial charge in [0.05, 0.1) is 0 Å². The Bertz CT molecular complexity index is 1370. The Kier molecular flexibility index (Phi) is 11.0. The summed E-state index contributed by atoms with van der Waals surface area (Å²) < 4.78 is 5.13. The third-order valence-corrected chi connectivity index (χ3v) is 7.75. The number of rotatable bonds is 12. The van der Waals surface area contributed by atoms with E-state index in [4.69, 9.17) is 9.72 Å². The van der Waals surface area contributed by atoms with E-state index in [0.717, 1.165) is 73.0 Å². The fraction of sp³-hybridized carbons (Fsp3) is 0.438. The summed E-state index contributed by atoms with van der Waals surface area (Å²) in [5.41, 5.74) is 3.29. The summed E-state index contributed by atoms with van der Waals surface area (Å²) in [6.07, 6.45) is 4.00. The summed E-state index contributed by atoms with van der Waals surface area (Å²) in [6, 6.07) is 15.4. The number of hydrogen-bond donors (Lipinski definition) is 2. The fourth-order valence-electron chi connectivity index (χ4n) is 4.94. The van der Waals surface area contributed by atoms with Crippen molar-refractivity contribution in [2.75, 3.05) is 29.9 Å². The molecule has 1 amide bonds. The van der Waals surface area contributed by atoms with E-state index < -0.39 is 12.1 Å². The third kappa shape index (κ3) is 8.58. The van der Waals surface area contributed by atoms with Crippen molar-refractivity contribution in [1.82, 2.24) is 15.0 Å². The van der Waals surface area contributed by atoms with Crippen molar-refractivity contribution in [3.8, 4) is 0 Å². The van der Waals surface area contributed by atoms with Crippen LogP contribution >= 0.6 is 0 Å². The van der Waals surface area contributed by atoms with Crippen LogP contribution in [0.2, 0.25) is 0 Å². The molecule has 4 rings (SSSR count). The fourth-order valence-corrected chi connectivity index (χ4v) is 4.94. The van der Waals surface area contributed by atoms with E-state index in [1.165, 1.54) is 6.33 Å². The van der Waals surface area contributed by atoms with Crippen LogP contribution in [0, 0.1) is 12.8 Å². The minimum atomic E-state index is -1.26. The molecular formula is C32H40N6O4.